The molecule has 2 rings (SSSR count). The summed E-state index contributed by atoms with van der Waals surface area (Å²) < 4.78 is 6.16. The van der Waals surface area contributed by atoms with Gasteiger partial charge in [0.05, 0.1) is 0 Å². The zero-order chi connectivity index (χ0) is 12.4. The molecule has 1 amide bonds. The first-order valence-corrected chi connectivity index (χ1v) is 5.83. The molecule has 0 fully saturated rings. The molecule has 17 heavy (non-hydrogen) atoms. The van der Waals surface area contributed by atoms with Gasteiger partial charge < -0.3 is 4.42 Å². The number of anilines is 1. The van der Waals surface area contributed by atoms with E-state index in [2.05, 4.69) is 20.9 Å². The average Bonchev–Trinajstić information content (AvgIpc) is 2.74. The molecule has 4 nitrogen and oxygen atoms in total. The average molecular weight is 295 g/mol. The van der Waals surface area contributed by atoms with Gasteiger partial charge >= 0.3 is 0 Å². The molecule has 0 saturated heterocycles. The topological polar surface area (TPSA) is 46.3 Å². The zero-order valence-electron chi connectivity index (χ0n) is 9.48. The third-order valence-corrected chi connectivity index (χ3v) is 2.80. The summed E-state index contributed by atoms with van der Waals surface area (Å²) in [5.74, 6) is 1.37. The van der Waals surface area contributed by atoms with Gasteiger partial charge in [0.1, 0.15) is 11.6 Å². The molecule has 0 spiro atoms. The molecule has 0 bridgehead atoms. The van der Waals surface area contributed by atoms with Crippen molar-refractivity contribution in [3.63, 3.8) is 0 Å². The fourth-order valence-corrected chi connectivity index (χ4v) is 1.72. The first-order valence-electron chi connectivity index (χ1n) is 5.04. The lowest BCUT2D eigenvalue weighted by molar-refractivity contribution is 0.0964. The smallest absolute Gasteiger partial charge is 0.294 e. The molecule has 0 aromatic carbocycles. The van der Waals surface area contributed by atoms with Gasteiger partial charge in [-0.2, -0.15) is 0 Å². The summed E-state index contributed by atoms with van der Waals surface area (Å²) in [4.78, 5) is 17.6. The van der Waals surface area contributed by atoms with Crippen molar-refractivity contribution in [3.05, 3.63) is 46.5 Å². The van der Waals surface area contributed by atoms with E-state index in [1.54, 1.807) is 44.4 Å². The minimum Gasteiger partial charge on any atom is -0.456 e. The summed E-state index contributed by atoms with van der Waals surface area (Å²) >= 11 is 3.34. The number of aromatic nitrogens is 1. The highest BCUT2D eigenvalue weighted by Gasteiger charge is 2.17. The van der Waals surface area contributed by atoms with Crippen molar-refractivity contribution in [2.24, 2.45) is 0 Å². The zero-order valence-corrected chi connectivity index (χ0v) is 11.1. The highest BCUT2D eigenvalue weighted by Crippen LogP contribution is 2.18. The van der Waals surface area contributed by atoms with Crippen LogP contribution in [-0.4, -0.2) is 17.9 Å². The fraction of sp³-hybridized carbons (Fsp3) is 0.167. The van der Waals surface area contributed by atoms with Crippen LogP contribution in [0.15, 0.2) is 39.4 Å². The highest BCUT2D eigenvalue weighted by atomic mass is 79.9. The van der Waals surface area contributed by atoms with Gasteiger partial charge in [0.25, 0.3) is 5.91 Å². The molecule has 2 heterocycles. The molecule has 2 aromatic heterocycles. The largest absolute Gasteiger partial charge is 0.456 e. The summed E-state index contributed by atoms with van der Waals surface area (Å²) in [6, 6.07) is 6.99. The lowest BCUT2D eigenvalue weighted by Crippen LogP contribution is -2.26. The first-order chi connectivity index (χ1) is 8.08. The van der Waals surface area contributed by atoms with Crippen molar-refractivity contribution < 1.29 is 9.21 Å². The van der Waals surface area contributed by atoms with Gasteiger partial charge in [-0.3, -0.25) is 9.69 Å². The Labute approximate surface area is 107 Å². The second-order valence-electron chi connectivity index (χ2n) is 3.61. The molecule has 0 radical (unpaired) electrons. The van der Waals surface area contributed by atoms with Crippen LogP contribution in [0.5, 0.6) is 0 Å². The van der Waals surface area contributed by atoms with E-state index in [0.29, 0.717) is 17.3 Å². The van der Waals surface area contributed by atoms with Gasteiger partial charge in [-0.05, 0) is 31.2 Å². The van der Waals surface area contributed by atoms with Crippen LogP contribution in [0.2, 0.25) is 0 Å². The number of hydrogen-bond acceptors (Lipinski definition) is 3. The Morgan fingerprint density at radius 3 is 2.76 bits per heavy atom. The van der Waals surface area contributed by atoms with Gasteiger partial charge in [0.2, 0.25) is 0 Å². The summed E-state index contributed by atoms with van der Waals surface area (Å²) in [6.45, 7) is 1.80. The van der Waals surface area contributed by atoms with Crippen molar-refractivity contribution in [2.45, 2.75) is 6.92 Å². The van der Waals surface area contributed by atoms with Crippen molar-refractivity contribution in [2.75, 3.05) is 11.9 Å². The van der Waals surface area contributed by atoms with E-state index < -0.39 is 0 Å². The number of carbonyl (C=O) groups is 1. The molecule has 5 heteroatoms. The SMILES string of the molecule is Cc1ccc(C(=O)N(C)c2cc(Br)ccn2)o1. The second kappa shape index (κ2) is 4.71. The number of rotatable bonds is 2. The number of hydrogen-bond donors (Lipinski definition) is 0. The maximum absolute atomic E-state index is 12.0. The van der Waals surface area contributed by atoms with Crippen molar-refractivity contribution in [1.29, 1.82) is 0 Å². The standard InChI is InChI=1S/C12H11BrN2O2/c1-8-3-4-10(17-8)12(16)15(2)11-7-9(13)5-6-14-11/h3-7H,1-2H3. The molecule has 0 aliphatic rings. The Balaban J connectivity index is 2.26. The Kier molecular flexibility index (Phi) is 3.28. The molecule has 0 aliphatic carbocycles. The molecular formula is C12H11BrN2O2. The molecule has 0 saturated carbocycles. The number of carbonyl (C=O) groups excluding carboxylic acids is 1. The number of amides is 1. The lowest BCUT2D eigenvalue weighted by Gasteiger charge is -2.14. The third-order valence-electron chi connectivity index (χ3n) is 2.31. The Bertz CT molecular complexity index is 551. The highest BCUT2D eigenvalue weighted by molar-refractivity contribution is 9.10. The molecule has 0 aliphatic heterocycles. The maximum atomic E-state index is 12.0. The van der Waals surface area contributed by atoms with Gasteiger partial charge in [-0.25, -0.2) is 4.98 Å². The maximum Gasteiger partial charge on any atom is 0.294 e. The van der Waals surface area contributed by atoms with E-state index in [4.69, 9.17) is 4.42 Å². The second-order valence-corrected chi connectivity index (χ2v) is 4.52. The fourth-order valence-electron chi connectivity index (χ4n) is 1.40. The van der Waals surface area contributed by atoms with Crippen LogP contribution >= 0.6 is 15.9 Å². The normalized spacial score (nSPS) is 10.3. The molecule has 0 unspecified atom stereocenters. The molecule has 2 aromatic rings. The van der Waals surface area contributed by atoms with Crippen LogP contribution in [0.25, 0.3) is 0 Å². The molecule has 0 atom stereocenters. The van der Waals surface area contributed by atoms with Crippen LogP contribution in [0, 0.1) is 6.92 Å². The van der Waals surface area contributed by atoms with E-state index in [1.807, 2.05) is 0 Å². The van der Waals surface area contributed by atoms with E-state index >= 15 is 0 Å². The number of furan rings is 1. The monoisotopic (exact) mass is 294 g/mol. The Morgan fingerprint density at radius 1 is 1.41 bits per heavy atom. The van der Waals surface area contributed by atoms with Gasteiger partial charge in [0.15, 0.2) is 5.76 Å². The number of halogens is 1. The number of nitrogens with zero attached hydrogens (tertiary/aromatic N) is 2. The van der Waals surface area contributed by atoms with Crippen molar-refractivity contribution >= 4 is 27.7 Å². The summed E-state index contributed by atoms with van der Waals surface area (Å²) in [7, 11) is 1.66. The predicted octanol–water partition coefficient (Wildman–Crippen LogP) is 3.02. The van der Waals surface area contributed by atoms with E-state index in [-0.39, 0.29) is 5.91 Å². The number of pyridine rings is 1. The minimum absolute atomic E-state index is 0.219. The van der Waals surface area contributed by atoms with E-state index in [0.717, 1.165) is 4.47 Å². The minimum atomic E-state index is -0.219. The molecule has 88 valence electrons. The Hall–Kier alpha value is -1.62. The van der Waals surface area contributed by atoms with Crippen LogP contribution in [0.4, 0.5) is 5.82 Å². The van der Waals surface area contributed by atoms with Crippen molar-refractivity contribution in [3.8, 4) is 0 Å². The van der Waals surface area contributed by atoms with Crippen molar-refractivity contribution in [1.82, 2.24) is 4.98 Å². The van der Waals surface area contributed by atoms with Crippen LogP contribution < -0.4 is 4.90 Å². The molecular weight excluding hydrogens is 284 g/mol. The first kappa shape index (κ1) is 11.9. The summed E-state index contributed by atoms with van der Waals surface area (Å²) in [5.41, 5.74) is 0. The van der Waals surface area contributed by atoms with Gasteiger partial charge in [0, 0.05) is 17.7 Å². The van der Waals surface area contributed by atoms with E-state index in [9.17, 15) is 4.79 Å². The third kappa shape index (κ3) is 2.55. The number of aryl methyl sites for hydroxylation is 1. The quantitative estimate of drug-likeness (QED) is 0.855. The summed E-state index contributed by atoms with van der Waals surface area (Å²) in [6.07, 6.45) is 1.64. The van der Waals surface area contributed by atoms with Crippen LogP contribution in [-0.2, 0) is 0 Å². The molecule has 0 N–H and O–H groups in total. The lowest BCUT2D eigenvalue weighted by atomic mass is 10.3. The summed E-state index contributed by atoms with van der Waals surface area (Å²) in [5, 5.41) is 0. The Morgan fingerprint density at radius 2 is 2.18 bits per heavy atom. The van der Waals surface area contributed by atoms with Gasteiger partial charge in [-0.15, -0.1) is 0 Å². The predicted molar refractivity (Wildman–Crippen MR) is 68.1 cm³/mol. The van der Waals surface area contributed by atoms with Crippen LogP contribution in [0.3, 0.4) is 0 Å². The van der Waals surface area contributed by atoms with E-state index in [1.165, 1.54) is 4.90 Å². The van der Waals surface area contributed by atoms with Gasteiger partial charge in [-0.1, -0.05) is 15.9 Å². The van der Waals surface area contributed by atoms with Crippen LogP contribution in [0.1, 0.15) is 16.3 Å².